The van der Waals surface area contributed by atoms with Crippen LogP contribution in [0.2, 0.25) is 0 Å². The highest BCUT2D eigenvalue weighted by atomic mass is 32.1. The Labute approximate surface area is 158 Å². The van der Waals surface area contributed by atoms with Crippen LogP contribution in [0.1, 0.15) is 51.5 Å². The van der Waals surface area contributed by atoms with E-state index in [4.69, 9.17) is 0 Å². The minimum atomic E-state index is -0.179. The fourth-order valence-electron chi connectivity index (χ4n) is 3.77. The molecular formula is C19H28N4O2S. The van der Waals surface area contributed by atoms with Gasteiger partial charge in [-0.05, 0) is 50.0 Å². The molecule has 0 radical (unpaired) electrons. The standard InChI is InChI=1S/C19H28N4O2S/c1-6-22(7-2)15(24)11-23-18(25)16-13-9-8-12(19(3,4)5)10-14(13)26-17(16)20-21-23/h12H,6-11H2,1-5H3. The highest BCUT2D eigenvalue weighted by molar-refractivity contribution is 7.18. The van der Waals surface area contributed by atoms with Crippen LogP contribution in [-0.4, -0.2) is 38.9 Å². The molecule has 0 bridgehead atoms. The first kappa shape index (κ1) is 19.0. The number of likely N-dealkylation sites (N-methyl/N-ethyl adjacent to an activating group) is 1. The first-order chi connectivity index (χ1) is 12.3. The van der Waals surface area contributed by atoms with E-state index in [-0.39, 0.29) is 23.4 Å². The number of hydrogen-bond acceptors (Lipinski definition) is 5. The van der Waals surface area contributed by atoms with Crippen molar-refractivity contribution in [3.05, 3.63) is 20.8 Å². The second-order valence-corrected chi connectivity index (χ2v) is 9.19. The molecule has 0 N–H and O–H groups in total. The van der Waals surface area contributed by atoms with E-state index >= 15 is 0 Å². The molecule has 26 heavy (non-hydrogen) atoms. The maximum Gasteiger partial charge on any atom is 0.279 e. The van der Waals surface area contributed by atoms with Gasteiger partial charge in [-0.3, -0.25) is 9.59 Å². The molecule has 6 nitrogen and oxygen atoms in total. The monoisotopic (exact) mass is 376 g/mol. The summed E-state index contributed by atoms with van der Waals surface area (Å²) >= 11 is 1.59. The fraction of sp³-hybridized carbons (Fsp3) is 0.684. The number of rotatable bonds is 4. The van der Waals surface area contributed by atoms with Gasteiger partial charge >= 0.3 is 0 Å². The first-order valence-corrected chi connectivity index (χ1v) is 10.2. The topological polar surface area (TPSA) is 68.1 Å². The summed E-state index contributed by atoms with van der Waals surface area (Å²) in [5, 5.41) is 8.96. The van der Waals surface area contributed by atoms with Gasteiger partial charge in [-0.2, -0.15) is 0 Å². The van der Waals surface area contributed by atoms with E-state index in [0.717, 1.165) is 24.8 Å². The molecule has 0 spiro atoms. The van der Waals surface area contributed by atoms with Gasteiger partial charge in [0.15, 0.2) is 4.83 Å². The zero-order valence-corrected chi connectivity index (χ0v) is 17.2. The number of carbonyl (C=O) groups excluding carboxylic acids is 1. The quantitative estimate of drug-likeness (QED) is 0.823. The number of aromatic nitrogens is 3. The molecule has 0 saturated heterocycles. The summed E-state index contributed by atoms with van der Waals surface area (Å²) in [6, 6.07) is 0. The van der Waals surface area contributed by atoms with Crippen molar-refractivity contribution in [2.24, 2.45) is 11.3 Å². The van der Waals surface area contributed by atoms with Gasteiger partial charge in [0.2, 0.25) is 5.91 Å². The first-order valence-electron chi connectivity index (χ1n) is 9.42. The number of nitrogens with zero attached hydrogens (tertiary/aromatic N) is 4. The van der Waals surface area contributed by atoms with Crippen molar-refractivity contribution in [1.29, 1.82) is 0 Å². The molecule has 0 aliphatic heterocycles. The summed E-state index contributed by atoms with van der Waals surface area (Å²) in [5.41, 5.74) is 1.22. The van der Waals surface area contributed by atoms with Gasteiger partial charge in [-0.25, -0.2) is 4.68 Å². The Morgan fingerprint density at radius 3 is 2.62 bits per heavy atom. The second-order valence-electron chi connectivity index (χ2n) is 8.11. The van der Waals surface area contributed by atoms with Gasteiger partial charge in [0, 0.05) is 18.0 Å². The fourth-order valence-corrected chi connectivity index (χ4v) is 5.01. The Kier molecular flexibility index (Phi) is 5.19. The largest absolute Gasteiger partial charge is 0.342 e. The minimum absolute atomic E-state index is 0.0430. The maximum atomic E-state index is 13.0. The van der Waals surface area contributed by atoms with Crippen molar-refractivity contribution >= 4 is 27.5 Å². The predicted octanol–water partition coefficient (Wildman–Crippen LogP) is 2.87. The van der Waals surface area contributed by atoms with Gasteiger partial charge in [0.05, 0.1) is 5.39 Å². The van der Waals surface area contributed by atoms with Crippen molar-refractivity contribution in [2.45, 2.75) is 60.4 Å². The van der Waals surface area contributed by atoms with E-state index in [9.17, 15) is 9.59 Å². The minimum Gasteiger partial charge on any atom is -0.342 e. The third kappa shape index (κ3) is 3.41. The summed E-state index contributed by atoms with van der Waals surface area (Å²) in [6.45, 7) is 11.9. The van der Waals surface area contributed by atoms with Gasteiger partial charge in [-0.15, -0.1) is 16.4 Å². The molecular weight excluding hydrogens is 348 g/mol. The predicted molar refractivity (Wildman–Crippen MR) is 105 cm³/mol. The lowest BCUT2D eigenvalue weighted by Crippen LogP contribution is -2.37. The van der Waals surface area contributed by atoms with Crippen molar-refractivity contribution in [3.8, 4) is 0 Å². The van der Waals surface area contributed by atoms with Gasteiger partial charge in [0.1, 0.15) is 6.54 Å². The normalized spacial score (nSPS) is 17.3. The van der Waals surface area contributed by atoms with Crippen LogP contribution in [0.3, 0.4) is 0 Å². The lowest BCUT2D eigenvalue weighted by Gasteiger charge is -2.33. The zero-order valence-electron chi connectivity index (χ0n) is 16.3. The molecule has 1 atom stereocenters. The van der Waals surface area contributed by atoms with E-state index in [1.165, 1.54) is 9.56 Å². The Hall–Kier alpha value is -1.76. The number of aryl methyl sites for hydroxylation is 1. The molecule has 1 unspecified atom stereocenters. The van der Waals surface area contributed by atoms with Gasteiger partial charge in [0.25, 0.3) is 5.56 Å². The molecule has 1 amide bonds. The number of amides is 1. The van der Waals surface area contributed by atoms with Crippen LogP contribution >= 0.6 is 11.3 Å². The van der Waals surface area contributed by atoms with Crippen LogP contribution in [0, 0.1) is 11.3 Å². The average Bonchev–Trinajstić information content (AvgIpc) is 2.96. The van der Waals surface area contributed by atoms with Crippen LogP contribution in [0.4, 0.5) is 0 Å². The average molecular weight is 377 g/mol. The van der Waals surface area contributed by atoms with Crippen LogP contribution in [0.25, 0.3) is 10.2 Å². The number of hydrogen-bond donors (Lipinski definition) is 0. The van der Waals surface area contributed by atoms with E-state index in [2.05, 4.69) is 31.1 Å². The highest BCUT2D eigenvalue weighted by Crippen LogP contribution is 2.41. The van der Waals surface area contributed by atoms with Crippen LogP contribution < -0.4 is 5.56 Å². The third-order valence-electron chi connectivity index (χ3n) is 5.56. The van der Waals surface area contributed by atoms with Gasteiger partial charge < -0.3 is 4.90 Å². The van der Waals surface area contributed by atoms with E-state index < -0.39 is 0 Å². The highest BCUT2D eigenvalue weighted by Gasteiger charge is 2.32. The number of carbonyl (C=O) groups is 1. The molecule has 7 heteroatoms. The Morgan fingerprint density at radius 2 is 2.00 bits per heavy atom. The van der Waals surface area contributed by atoms with Crippen molar-refractivity contribution < 1.29 is 4.79 Å². The van der Waals surface area contributed by atoms with E-state index in [1.807, 2.05) is 13.8 Å². The second kappa shape index (κ2) is 7.10. The summed E-state index contributed by atoms with van der Waals surface area (Å²) in [7, 11) is 0. The smallest absolute Gasteiger partial charge is 0.279 e. The molecule has 1 aliphatic carbocycles. The summed E-state index contributed by atoms with van der Waals surface area (Å²) < 4.78 is 1.23. The number of fused-ring (bicyclic) bond motifs is 3. The molecule has 2 heterocycles. The van der Waals surface area contributed by atoms with Crippen LogP contribution in [-0.2, 0) is 24.2 Å². The summed E-state index contributed by atoms with van der Waals surface area (Å²) in [6.07, 6.45) is 2.99. The Morgan fingerprint density at radius 1 is 1.31 bits per heavy atom. The molecule has 3 rings (SSSR count). The van der Waals surface area contributed by atoms with Crippen molar-refractivity contribution in [3.63, 3.8) is 0 Å². The van der Waals surface area contributed by atoms with E-state index in [1.54, 1.807) is 16.2 Å². The van der Waals surface area contributed by atoms with Crippen LogP contribution in [0.15, 0.2) is 4.79 Å². The molecule has 142 valence electrons. The zero-order chi connectivity index (χ0) is 19.1. The lowest BCUT2D eigenvalue weighted by molar-refractivity contribution is -0.131. The maximum absolute atomic E-state index is 13.0. The summed E-state index contributed by atoms with van der Waals surface area (Å²) in [4.78, 5) is 29.0. The SMILES string of the molecule is CCN(CC)C(=O)Cn1nnc2sc3c(c2c1=O)CCC(C(C)(C)C)C3. The summed E-state index contributed by atoms with van der Waals surface area (Å²) in [5.74, 6) is 0.519. The molecule has 0 aromatic carbocycles. The Balaban J connectivity index is 1.96. The number of thiophene rings is 1. The Bertz CT molecular complexity index is 874. The molecule has 2 aromatic heterocycles. The van der Waals surface area contributed by atoms with Gasteiger partial charge in [-0.1, -0.05) is 26.0 Å². The molecule has 1 aliphatic rings. The van der Waals surface area contributed by atoms with Crippen LogP contribution in [0.5, 0.6) is 0 Å². The molecule has 0 fully saturated rings. The van der Waals surface area contributed by atoms with E-state index in [0.29, 0.717) is 29.2 Å². The lowest BCUT2D eigenvalue weighted by atomic mass is 9.72. The third-order valence-corrected chi connectivity index (χ3v) is 6.70. The molecule has 2 aromatic rings. The van der Waals surface area contributed by atoms with Crippen molar-refractivity contribution in [2.75, 3.05) is 13.1 Å². The molecule has 0 saturated carbocycles. The van der Waals surface area contributed by atoms with Crippen molar-refractivity contribution in [1.82, 2.24) is 19.9 Å².